The number of amides is 1. The van der Waals surface area contributed by atoms with Gasteiger partial charge in [-0.05, 0) is 30.3 Å². The third kappa shape index (κ3) is 5.97. The minimum absolute atomic E-state index is 0.0179. The molecule has 3 aromatic rings. The maximum absolute atomic E-state index is 13.7. The third-order valence-electron chi connectivity index (χ3n) is 4.42. The highest BCUT2D eigenvalue weighted by Gasteiger charge is 2.17. The summed E-state index contributed by atoms with van der Waals surface area (Å²) in [5, 5.41) is 12.3. The highest BCUT2D eigenvalue weighted by atomic mass is 35.5. The van der Waals surface area contributed by atoms with Gasteiger partial charge < -0.3 is 9.88 Å². The number of halogens is 3. The van der Waals surface area contributed by atoms with E-state index in [1.165, 1.54) is 36.0 Å². The lowest BCUT2D eigenvalue weighted by Crippen LogP contribution is -2.27. The van der Waals surface area contributed by atoms with Crippen molar-refractivity contribution in [3.8, 4) is 0 Å². The Labute approximate surface area is 198 Å². The molecule has 0 fully saturated rings. The zero-order chi connectivity index (χ0) is 23.1. The predicted molar refractivity (Wildman–Crippen MR) is 124 cm³/mol. The maximum atomic E-state index is 13.7. The van der Waals surface area contributed by atoms with E-state index in [1.807, 2.05) is 4.57 Å². The third-order valence-corrected chi connectivity index (χ3v) is 5.94. The second-order valence-corrected chi connectivity index (χ2v) is 8.41. The molecule has 0 radical (unpaired) electrons. The molecule has 32 heavy (non-hydrogen) atoms. The van der Waals surface area contributed by atoms with Gasteiger partial charge in [0.05, 0.1) is 16.3 Å². The molecule has 1 aromatic heterocycles. The number of hydrogen-bond acceptors (Lipinski definition) is 5. The van der Waals surface area contributed by atoms with Crippen LogP contribution in [-0.4, -0.2) is 38.8 Å². The van der Waals surface area contributed by atoms with Crippen molar-refractivity contribution in [1.82, 2.24) is 20.1 Å². The standard InChI is InChI=1S/C22H19Cl2FN4O2S/c1-2-11-29-20(9-10-26-21(31)16-5-3-4-6-18(16)25)27-28-22(29)32-13-19(30)15-8-7-14(23)12-17(15)24/h2-8,12H,1,9-11,13H2,(H,26,31). The van der Waals surface area contributed by atoms with Crippen LogP contribution in [0.1, 0.15) is 26.5 Å². The summed E-state index contributed by atoms with van der Waals surface area (Å²) >= 11 is 13.2. The first-order chi connectivity index (χ1) is 15.4. The molecule has 1 heterocycles. The molecule has 0 aliphatic rings. The number of carbonyl (C=O) groups is 2. The van der Waals surface area contributed by atoms with Crippen molar-refractivity contribution in [1.29, 1.82) is 0 Å². The van der Waals surface area contributed by atoms with Crippen LogP contribution in [0.3, 0.4) is 0 Å². The summed E-state index contributed by atoms with van der Waals surface area (Å²) in [6.07, 6.45) is 2.06. The Morgan fingerprint density at radius 1 is 1.16 bits per heavy atom. The van der Waals surface area contributed by atoms with Gasteiger partial charge in [-0.25, -0.2) is 4.39 Å². The predicted octanol–water partition coefficient (Wildman–Crippen LogP) is 4.86. The summed E-state index contributed by atoms with van der Waals surface area (Å²) < 4.78 is 15.5. The summed E-state index contributed by atoms with van der Waals surface area (Å²) in [4.78, 5) is 24.7. The number of benzene rings is 2. The van der Waals surface area contributed by atoms with Crippen LogP contribution in [0.15, 0.2) is 60.3 Å². The highest BCUT2D eigenvalue weighted by Crippen LogP contribution is 2.24. The molecule has 10 heteroatoms. The Bertz CT molecular complexity index is 1150. The second kappa shape index (κ2) is 11.3. The molecule has 2 aromatic carbocycles. The highest BCUT2D eigenvalue weighted by molar-refractivity contribution is 7.99. The van der Waals surface area contributed by atoms with Gasteiger partial charge in [0.2, 0.25) is 0 Å². The average Bonchev–Trinajstić information content (AvgIpc) is 3.14. The van der Waals surface area contributed by atoms with Gasteiger partial charge in [0, 0.05) is 30.1 Å². The number of rotatable bonds is 10. The number of hydrogen-bond donors (Lipinski definition) is 1. The maximum Gasteiger partial charge on any atom is 0.254 e. The van der Waals surface area contributed by atoms with Crippen LogP contribution in [0.25, 0.3) is 0 Å². The van der Waals surface area contributed by atoms with E-state index in [0.717, 1.165) is 0 Å². The molecule has 0 spiro atoms. The van der Waals surface area contributed by atoms with Crippen LogP contribution >= 0.6 is 35.0 Å². The first-order valence-corrected chi connectivity index (χ1v) is 11.3. The molecule has 6 nitrogen and oxygen atoms in total. The van der Waals surface area contributed by atoms with E-state index in [2.05, 4.69) is 22.1 Å². The fourth-order valence-corrected chi connectivity index (χ4v) is 4.24. The van der Waals surface area contributed by atoms with E-state index in [4.69, 9.17) is 23.2 Å². The number of carbonyl (C=O) groups excluding carboxylic acids is 2. The first-order valence-electron chi connectivity index (χ1n) is 9.57. The molecule has 1 N–H and O–H groups in total. The number of nitrogens with zero attached hydrogens (tertiary/aromatic N) is 3. The van der Waals surface area contributed by atoms with E-state index in [-0.39, 0.29) is 23.6 Å². The van der Waals surface area contributed by atoms with Crippen LogP contribution < -0.4 is 5.32 Å². The van der Waals surface area contributed by atoms with Crippen molar-refractivity contribution in [3.05, 3.63) is 87.9 Å². The van der Waals surface area contributed by atoms with Crippen molar-refractivity contribution in [3.63, 3.8) is 0 Å². The first kappa shape index (κ1) is 24.0. The molecule has 0 saturated heterocycles. The van der Waals surface area contributed by atoms with Gasteiger partial charge in [-0.15, -0.1) is 16.8 Å². The smallest absolute Gasteiger partial charge is 0.254 e. The Balaban J connectivity index is 1.62. The topological polar surface area (TPSA) is 76.9 Å². The van der Waals surface area contributed by atoms with Gasteiger partial charge in [0.15, 0.2) is 10.9 Å². The van der Waals surface area contributed by atoms with E-state index in [0.29, 0.717) is 39.6 Å². The summed E-state index contributed by atoms with van der Waals surface area (Å²) in [5.41, 5.74) is 0.366. The number of nitrogens with one attached hydrogen (secondary N) is 1. The Morgan fingerprint density at radius 2 is 1.94 bits per heavy atom. The van der Waals surface area contributed by atoms with Crippen molar-refractivity contribution >= 4 is 46.7 Å². The summed E-state index contributed by atoms with van der Waals surface area (Å²) in [5.74, 6) is -0.524. The lowest BCUT2D eigenvalue weighted by atomic mass is 10.1. The van der Waals surface area contributed by atoms with Gasteiger partial charge in [-0.2, -0.15) is 0 Å². The van der Waals surface area contributed by atoms with Crippen LogP contribution in [-0.2, 0) is 13.0 Å². The van der Waals surface area contributed by atoms with Gasteiger partial charge in [0.25, 0.3) is 5.91 Å². The van der Waals surface area contributed by atoms with Gasteiger partial charge in [0.1, 0.15) is 11.6 Å². The molecule has 0 unspecified atom stereocenters. The molecular weight excluding hydrogens is 474 g/mol. The Morgan fingerprint density at radius 3 is 2.66 bits per heavy atom. The SMILES string of the molecule is C=CCn1c(CCNC(=O)c2ccccc2F)nnc1SCC(=O)c1ccc(Cl)cc1Cl. The van der Waals surface area contributed by atoms with Gasteiger partial charge >= 0.3 is 0 Å². The minimum atomic E-state index is -0.580. The second-order valence-electron chi connectivity index (χ2n) is 6.62. The number of thioether (sulfide) groups is 1. The molecule has 0 saturated carbocycles. The molecule has 0 aliphatic carbocycles. The lowest BCUT2D eigenvalue weighted by Gasteiger charge is -2.09. The number of Topliss-reactive ketones (excluding diaryl/α,β-unsaturated/α-hetero) is 1. The van der Waals surface area contributed by atoms with Crippen LogP contribution in [0.2, 0.25) is 10.0 Å². The minimum Gasteiger partial charge on any atom is -0.351 e. The molecule has 166 valence electrons. The molecule has 1 amide bonds. The largest absolute Gasteiger partial charge is 0.351 e. The van der Waals surface area contributed by atoms with Gasteiger partial charge in [-0.1, -0.05) is 53.2 Å². The Hall–Kier alpha value is -2.68. The quantitative estimate of drug-likeness (QED) is 0.248. The molecular formula is C22H19Cl2FN4O2S. The van der Waals surface area contributed by atoms with Crippen molar-refractivity contribution in [2.45, 2.75) is 18.1 Å². The van der Waals surface area contributed by atoms with E-state index >= 15 is 0 Å². The summed E-state index contributed by atoms with van der Waals surface area (Å²) in [6.45, 7) is 4.42. The number of ketones is 1. The van der Waals surface area contributed by atoms with Crippen LogP contribution in [0.5, 0.6) is 0 Å². The van der Waals surface area contributed by atoms with Crippen molar-refractivity contribution in [2.75, 3.05) is 12.3 Å². The zero-order valence-electron chi connectivity index (χ0n) is 16.9. The zero-order valence-corrected chi connectivity index (χ0v) is 19.2. The lowest BCUT2D eigenvalue weighted by molar-refractivity contribution is 0.0949. The van der Waals surface area contributed by atoms with E-state index in [1.54, 1.807) is 24.3 Å². The number of allylic oxidation sites excluding steroid dienone is 1. The van der Waals surface area contributed by atoms with Crippen molar-refractivity contribution in [2.24, 2.45) is 0 Å². The van der Waals surface area contributed by atoms with E-state index < -0.39 is 11.7 Å². The molecule has 0 aliphatic heterocycles. The van der Waals surface area contributed by atoms with E-state index in [9.17, 15) is 14.0 Å². The summed E-state index contributed by atoms with van der Waals surface area (Å²) in [7, 11) is 0. The number of aromatic nitrogens is 3. The Kier molecular flexibility index (Phi) is 8.44. The molecule has 3 rings (SSSR count). The van der Waals surface area contributed by atoms with Crippen LogP contribution in [0.4, 0.5) is 4.39 Å². The fraction of sp³-hybridized carbons (Fsp3) is 0.182. The monoisotopic (exact) mass is 492 g/mol. The molecule has 0 bridgehead atoms. The fourth-order valence-electron chi connectivity index (χ4n) is 2.88. The average molecular weight is 493 g/mol. The van der Waals surface area contributed by atoms with Crippen molar-refractivity contribution < 1.29 is 14.0 Å². The summed E-state index contributed by atoms with van der Waals surface area (Å²) in [6, 6.07) is 10.5. The normalized spacial score (nSPS) is 10.7. The molecule has 0 atom stereocenters. The van der Waals surface area contributed by atoms with Crippen LogP contribution in [0, 0.1) is 5.82 Å². The van der Waals surface area contributed by atoms with Gasteiger partial charge in [-0.3, -0.25) is 9.59 Å².